The number of rotatable bonds is 2. The third-order valence-corrected chi connectivity index (χ3v) is 1.22. The summed E-state index contributed by atoms with van der Waals surface area (Å²) in [7, 11) is 0. The van der Waals surface area contributed by atoms with Crippen molar-refractivity contribution in [3.63, 3.8) is 0 Å². The zero-order valence-electron chi connectivity index (χ0n) is 7.24. The summed E-state index contributed by atoms with van der Waals surface area (Å²) in [6.45, 7) is 5.07. The fraction of sp³-hybridized carbons (Fsp3) is 0.111. The van der Waals surface area contributed by atoms with Crippen molar-refractivity contribution in [2.75, 3.05) is 0 Å². The Balaban J connectivity index is 0.00000144. The fourth-order valence-corrected chi connectivity index (χ4v) is 0.617. The molecule has 0 atom stereocenters. The molecule has 1 rings (SSSR count). The molecule has 0 N–H and O–H groups in total. The normalized spacial score (nSPS) is 8.38. The van der Waals surface area contributed by atoms with Gasteiger partial charge in [-0.2, -0.15) is 4.84 Å². The Hall–Kier alpha value is -1.35. The topological polar surface area (TPSA) is 30.2 Å². The van der Waals surface area contributed by atoms with Crippen LogP contribution in [0.4, 0.5) is 0 Å². The molecule has 0 fully saturated rings. The van der Waals surface area contributed by atoms with Gasteiger partial charge in [0.2, 0.25) is 12.4 Å². The average Bonchev–Trinajstić information content (AvgIpc) is 2.06. The van der Waals surface area contributed by atoms with Gasteiger partial charge in [0, 0.05) is 22.4 Å². The summed E-state index contributed by atoms with van der Waals surface area (Å²) < 4.78 is 1.33. The van der Waals surface area contributed by atoms with E-state index in [-0.39, 0.29) is 12.4 Å². The molecule has 0 aromatic carbocycles. The molecule has 4 heteroatoms. The van der Waals surface area contributed by atoms with Crippen molar-refractivity contribution in [2.45, 2.75) is 6.92 Å². The van der Waals surface area contributed by atoms with E-state index in [4.69, 9.17) is 4.84 Å². The van der Waals surface area contributed by atoms with Crippen LogP contribution in [0.15, 0.2) is 42.7 Å². The van der Waals surface area contributed by atoms with Gasteiger partial charge in [-0.05, 0) is 6.92 Å². The minimum atomic E-state index is -0.425. The number of pyridine rings is 1. The van der Waals surface area contributed by atoms with E-state index in [1.54, 1.807) is 31.5 Å². The molecular weight excluding hydrogens is 190 g/mol. The molecule has 13 heavy (non-hydrogen) atoms. The SMILES string of the molecule is C=C(C)C(=O)O[n+]1ccccc1.[Cl-]. The highest BCUT2D eigenvalue weighted by molar-refractivity contribution is 5.86. The van der Waals surface area contributed by atoms with Gasteiger partial charge in [-0.1, -0.05) is 12.6 Å². The summed E-state index contributed by atoms with van der Waals surface area (Å²) in [5.74, 6) is -0.425. The number of halogens is 1. The number of hydrogen-bond acceptors (Lipinski definition) is 2. The maximum atomic E-state index is 11.0. The second-order valence-corrected chi connectivity index (χ2v) is 2.39. The summed E-state index contributed by atoms with van der Waals surface area (Å²) in [5.41, 5.74) is 0.381. The minimum Gasteiger partial charge on any atom is -1.00 e. The van der Waals surface area contributed by atoms with Gasteiger partial charge >= 0.3 is 5.97 Å². The van der Waals surface area contributed by atoms with Crippen molar-refractivity contribution in [3.05, 3.63) is 42.7 Å². The van der Waals surface area contributed by atoms with Crippen molar-refractivity contribution in [3.8, 4) is 0 Å². The molecule has 0 unspecified atom stereocenters. The Morgan fingerprint density at radius 2 is 1.85 bits per heavy atom. The van der Waals surface area contributed by atoms with E-state index in [0.717, 1.165) is 0 Å². The van der Waals surface area contributed by atoms with Crippen LogP contribution in [0.25, 0.3) is 0 Å². The first-order valence-electron chi connectivity index (χ1n) is 3.54. The molecule has 0 aliphatic rings. The quantitative estimate of drug-likeness (QED) is 0.390. The van der Waals surface area contributed by atoms with E-state index in [9.17, 15) is 4.79 Å². The Labute approximate surface area is 83.0 Å². The molecule has 0 aliphatic carbocycles. The first-order chi connectivity index (χ1) is 5.70. The molecular formula is C9H10ClNO2. The molecule has 0 aliphatic heterocycles. The standard InChI is InChI=1S/C9H10NO2.ClH/c1-8(2)9(11)12-10-6-4-3-5-7-10;/h3-7H,1H2,2H3;1H/q+1;/p-1. The van der Waals surface area contributed by atoms with Crippen LogP contribution in [-0.4, -0.2) is 5.97 Å². The Bertz CT molecular complexity index is 298. The van der Waals surface area contributed by atoms with Crippen LogP contribution in [0.1, 0.15) is 6.92 Å². The first-order valence-corrected chi connectivity index (χ1v) is 3.54. The molecule has 0 spiro atoms. The van der Waals surface area contributed by atoms with E-state index in [0.29, 0.717) is 5.57 Å². The summed E-state index contributed by atoms with van der Waals surface area (Å²) in [4.78, 5) is 15.8. The second-order valence-electron chi connectivity index (χ2n) is 2.39. The number of carbonyl (C=O) groups is 1. The Kier molecular flexibility index (Phi) is 4.77. The average molecular weight is 200 g/mol. The van der Waals surface area contributed by atoms with Crippen molar-refractivity contribution >= 4 is 5.97 Å². The Morgan fingerprint density at radius 3 is 2.31 bits per heavy atom. The lowest BCUT2D eigenvalue weighted by Gasteiger charge is -1.93. The van der Waals surface area contributed by atoms with Crippen LogP contribution in [-0.2, 0) is 4.79 Å². The second kappa shape index (κ2) is 5.32. The predicted molar refractivity (Wildman–Crippen MR) is 43.0 cm³/mol. The summed E-state index contributed by atoms with van der Waals surface area (Å²) in [6.07, 6.45) is 3.28. The van der Waals surface area contributed by atoms with Gasteiger partial charge in [-0.15, -0.1) is 0 Å². The minimum absolute atomic E-state index is 0. The lowest BCUT2D eigenvalue weighted by atomic mass is 10.4. The number of aromatic nitrogens is 1. The van der Waals surface area contributed by atoms with Crippen molar-refractivity contribution < 1.29 is 26.8 Å². The summed E-state index contributed by atoms with van der Waals surface area (Å²) in [5, 5.41) is 0. The molecule has 3 nitrogen and oxygen atoms in total. The van der Waals surface area contributed by atoms with E-state index in [1.807, 2.05) is 6.07 Å². The fourth-order valence-electron chi connectivity index (χ4n) is 0.617. The largest absolute Gasteiger partial charge is 1.00 e. The lowest BCUT2D eigenvalue weighted by molar-refractivity contribution is -0.869. The van der Waals surface area contributed by atoms with E-state index >= 15 is 0 Å². The molecule has 70 valence electrons. The highest BCUT2D eigenvalue weighted by atomic mass is 35.5. The van der Waals surface area contributed by atoms with E-state index in [1.165, 1.54) is 4.73 Å². The molecule has 1 aromatic rings. The molecule has 0 saturated carbocycles. The third-order valence-electron chi connectivity index (χ3n) is 1.22. The van der Waals surface area contributed by atoms with Gasteiger partial charge in [0.25, 0.3) is 0 Å². The van der Waals surface area contributed by atoms with Crippen molar-refractivity contribution in [1.29, 1.82) is 0 Å². The van der Waals surface area contributed by atoms with Gasteiger partial charge in [-0.25, -0.2) is 4.79 Å². The maximum Gasteiger partial charge on any atom is 0.406 e. The van der Waals surface area contributed by atoms with Gasteiger partial charge in [0.15, 0.2) is 0 Å². The number of nitrogens with zero attached hydrogens (tertiary/aromatic N) is 1. The van der Waals surface area contributed by atoms with Gasteiger partial charge < -0.3 is 12.4 Å². The maximum absolute atomic E-state index is 11.0. The van der Waals surface area contributed by atoms with Crippen molar-refractivity contribution in [2.24, 2.45) is 0 Å². The van der Waals surface area contributed by atoms with E-state index in [2.05, 4.69) is 6.58 Å². The molecule has 1 aromatic heterocycles. The monoisotopic (exact) mass is 199 g/mol. The number of carbonyl (C=O) groups excluding carboxylic acids is 1. The zero-order valence-corrected chi connectivity index (χ0v) is 7.99. The van der Waals surface area contributed by atoms with Gasteiger partial charge in [0.05, 0.1) is 0 Å². The highest BCUT2D eigenvalue weighted by Crippen LogP contribution is 1.85. The van der Waals surface area contributed by atoms with Crippen LogP contribution < -0.4 is 22.0 Å². The molecule has 0 radical (unpaired) electrons. The lowest BCUT2D eigenvalue weighted by Crippen LogP contribution is -3.00. The predicted octanol–water partition coefficient (Wildman–Crippen LogP) is -2.49. The zero-order chi connectivity index (χ0) is 8.97. The van der Waals surface area contributed by atoms with Gasteiger partial charge in [0.1, 0.15) is 0 Å². The Morgan fingerprint density at radius 1 is 1.31 bits per heavy atom. The molecule has 0 bridgehead atoms. The first kappa shape index (κ1) is 11.6. The molecule has 0 amide bonds. The smallest absolute Gasteiger partial charge is 0.406 e. The highest BCUT2D eigenvalue weighted by Gasteiger charge is 2.09. The summed E-state index contributed by atoms with van der Waals surface area (Å²) >= 11 is 0. The van der Waals surface area contributed by atoms with Gasteiger partial charge in [-0.3, -0.25) is 0 Å². The van der Waals surface area contributed by atoms with Crippen LogP contribution >= 0.6 is 0 Å². The van der Waals surface area contributed by atoms with Crippen LogP contribution in [0, 0.1) is 0 Å². The van der Waals surface area contributed by atoms with Crippen LogP contribution in [0.5, 0.6) is 0 Å². The summed E-state index contributed by atoms with van der Waals surface area (Å²) in [6, 6.07) is 5.38. The van der Waals surface area contributed by atoms with E-state index < -0.39 is 5.97 Å². The molecule has 0 saturated heterocycles. The van der Waals surface area contributed by atoms with Crippen LogP contribution in [0.3, 0.4) is 0 Å². The van der Waals surface area contributed by atoms with Crippen LogP contribution in [0.2, 0.25) is 0 Å². The molecule has 1 heterocycles. The number of hydrogen-bond donors (Lipinski definition) is 0. The van der Waals surface area contributed by atoms with Crippen molar-refractivity contribution in [1.82, 2.24) is 0 Å². The third kappa shape index (κ3) is 3.71.